The monoisotopic (exact) mass is 340 g/mol. The summed E-state index contributed by atoms with van der Waals surface area (Å²) >= 11 is 4.70. The molecule has 1 heterocycles. The fraction of sp³-hybridized carbons (Fsp3) is 0.250. The van der Waals surface area contributed by atoms with Crippen molar-refractivity contribution >= 4 is 44.0 Å². The van der Waals surface area contributed by atoms with E-state index >= 15 is 0 Å². The van der Waals surface area contributed by atoms with Gasteiger partial charge < -0.3 is 5.73 Å². The Labute approximate surface area is 123 Å². The third kappa shape index (κ3) is 3.51. The predicted octanol–water partition coefficient (Wildman–Crippen LogP) is 3.09. The minimum atomic E-state index is -0.280. The number of benzene rings is 1. The Balaban J connectivity index is 2.13. The molecule has 7 heteroatoms. The predicted molar refractivity (Wildman–Crippen MR) is 80.4 cm³/mol. The van der Waals surface area contributed by atoms with Crippen molar-refractivity contribution in [3.8, 4) is 0 Å². The van der Waals surface area contributed by atoms with Gasteiger partial charge in [-0.05, 0) is 24.6 Å². The summed E-state index contributed by atoms with van der Waals surface area (Å²) in [5, 5.41) is 12.1. The van der Waals surface area contributed by atoms with Crippen molar-refractivity contribution in [2.75, 3.05) is 11.1 Å². The highest BCUT2D eigenvalue weighted by Gasteiger charge is 2.13. The molecule has 0 aliphatic carbocycles. The number of halogens is 1. The Morgan fingerprint density at radius 1 is 1.47 bits per heavy atom. The first-order valence-electron chi connectivity index (χ1n) is 5.79. The normalized spacial score (nSPS) is 10.4. The second-order valence-corrected chi connectivity index (χ2v) is 5.91. The number of rotatable bonds is 4. The van der Waals surface area contributed by atoms with Gasteiger partial charge in [0.1, 0.15) is 5.01 Å². The summed E-state index contributed by atoms with van der Waals surface area (Å²) in [6.45, 7) is 2.07. The zero-order valence-corrected chi connectivity index (χ0v) is 12.7. The van der Waals surface area contributed by atoms with Crippen molar-refractivity contribution in [1.82, 2.24) is 10.2 Å². The van der Waals surface area contributed by atoms with Gasteiger partial charge in [0.05, 0.1) is 5.56 Å². The first kappa shape index (κ1) is 14.0. The van der Waals surface area contributed by atoms with E-state index in [1.54, 1.807) is 18.2 Å². The third-order valence-electron chi connectivity index (χ3n) is 2.41. The summed E-state index contributed by atoms with van der Waals surface area (Å²) < 4.78 is 0.802. The molecular formula is C12H13BrN4OS. The van der Waals surface area contributed by atoms with Gasteiger partial charge in [0.15, 0.2) is 0 Å². The van der Waals surface area contributed by atoms with Crippen molar-refractivity contribution in [1.29, 1.82) is 0 Å². The molecule has 0 atom stereocenters. The number of aryl methyl sites for hydroxylation is 1. The summed E-state index contributed by atoms with van der Waals surface area (Å²) in [4.78, 5) is 12.1. The Morgan fingerprint density at radius 3 is 3.00 bits per heavy atom. The average Bonchev–Trinajstić information content (AvgIpc) is 2.80. The lowest BCUT2D eigenvalue weighted by atomic mass is 10.2. The minimum Gasteiger partial charge on any atom is -0.398 e. The van der Waals surface area contributed by atoms with Gasteiger partial charge in [-0.25, -0.2) is 0 Å². The number of nitrogen functional groups attached to an aromatic ring is 1. The molecule has 0 fully saturated rings. The topological polar surface area (TPSA) is 80.9 Å². The number of carbonyl (C=O) groups is 1. The Kier molecular flexibility index (Phi) is 4.49. The Hall–Kier alpha value is -1.47. The first-order valence-corrected chi connectivity index (χ1v) is 7.40. The van der Waals surface area contributed by atoms with E-state index in [2.05, 4.69) is 38.4 Å². The zero-order chi connectivity index (χ0) is 13.8. The van der Waals surface area contributed by atoms with Crippen LogP contribution >= 0.6 is 27.3 Å². The van der Waals surface area contributed by atoms with Crippen LogP contribution in [0.4, 0.5) is 10.8 Å². The van der Waals surface area contributed by atoms with E-state index in [-0.39, 0.29) is 5.91 Å². The maximum absolute atomic E-state index is 12.1. The summed E-state index contributed by atoms with van der Waals surface area (Å²) in [5.41, 5.74) is 6.63. The van der Waals surface area contributed by atoms with E-state index in [0.29, 0.717) is 16.4 Å². The van der Waals surface area contributed by atoms with Crippen molar-refractivity contribution in [2.24, 2.45) is 0 Å². The number of nitrogens with two attached hydrogens (primary N) is 1. The zero-order valence-electron chi connectivity index (χ0n) is 10.3. The highest BCUT2D eigenvalue weighted by molar-refractivity contribution is 9.10. The molecule has 19 heavy (non-hydrogen) atoms. The van der Waals surface area contributed by atoms with Crippen LogP contribution in [0.25, 0.3) is 0 Å². The molecule has 0 aliphatic rings. The third-order valence-corrected chi connectivity index (χ3v) is 3.80. The lowest BCUT2D eigenvalue weighted by Crippen LogP contribution is -2.13. The molecule has 1 aromatic heterocycles. The molecule has 0 saturated heterocycles. The van der Waals surface area contributed by atoms with Crippen molar-refractivity contribution in [3.63, 3.8) is 0 Å². The molecule has 0 spiro atoms. The summed E-state index contributed by atoms with van der Waals surface area (Å²) in [6, 6.07) is 5.15. The number of hydrogen-bond acceptors (Lipinski definition) is 5. The van der Waals surface area contributed by atoms with E-state index in [4.69, 9.17) is 5.73 Å². The Morgan fingerprint density at radius 2 is 2.26 bits per heavy atom. The van der Waals surface area contributed by atoms with Gasteiger partial charge in [-0.2, -0.15) is 0 Å². The van der Waals surface area contributed by atoms with Crippen LogP contribution in [0, 0.1) is 0 Å². The fourth-order valence-corrected chi connectivity index (χ4v) is 2.71. The van der Waals surface area contributed by atoms with Crippen LogP contribution in [-0.2, 0) is 6.42 Å². The smallest absolute Gasteiger partial charge is 0.259 e. The minimum absolute atomic E-state index is 0.280. The van der Waals surface area contributed by atoms with Gasteiger partial charge in [-0.15, -0.1) is 10.2 Å². The summed E-state index contributed by atoms with van der Waals surface area (Å²) in [7, 11) is 0. The number of aromatic nitrogens is 2. The number of carbonyl (C=O) groups excluding carboxylic acids is 1. The lowest BCUT2D eigenvalue weighted by molar-refractivity contribution is 0.102. The average molecular weight is 341 g/mol. The molecule has 0 saturated carbocycles. The number of nitrogens with zero attached hydrogens (tertiary/aromatic N) is 2. The fourth-order valence-electron chi connectivity index (χ4n) is 1.51. The van der Waals surface area contributed by atoms with E-state index in [0.717, 1.165) is 22.3 Å². The molecule has 0 radical (unpaired) electrons. The number of hydrogen-bond donors (Lipinski definition) is 2. The van der Waals surface area contributed by atoms with Crippen LogP contribution in [0.2, 0.25) is 0 Å². The molecule has 0 unspecified atom stereocenters. The number of nitrogens with one attached hydrogen (secondary N) is 1. The summed E-state index contributed by atoms with van der Waals surface area (Å²) in [6.07, 6.45) is 1.87. The van der Waals surface area contributed by atoms with Crippen LogP contribution in [0.1, 0.15) is 28.7 Å². The number of anilines is 2. The van der Waals surface area contributed by atoms with Crippen LogP contribution in [0.3, 0.4) is 0 Å². The van der Waals surface area contributed by atoms with Gasteiger partial charge >= 0.3 is 0 Å². The molecule has 1 amide bonds. The maximum Gasteiger partial charge on any atom is 0.259 e. The molecule has 2 rings (SSSR count). The number of amides is 1. The highest BCUT2D eigenvalue weighted by Crippen LogP contribution is 2.21. The SMILES string of the molecule is CCCc1nnc(NC(=O)c2cc(Br)ccc2N)s1. The maximum atomic E-state index is 12.1. The van der Waals surface area contributed by atoms with Crippen LogP contribution < -0.4 is 11.1 Å². The molecular weight excluding hydrogens is 328 g/mol. The van der Waals surface area contributed by atoms with Crippen LogP contribution in [0.15, 0.2) is 22.7 Å². The molecule has 5 nitrogen and oxygen atoms in total. The van der Waals surface area contributed by atoms with Crippen molar-refractivity contribution in [2.45, 2.75) is 19.8 Å². The van der Waals surface area contributed by atoms with Crippen LogP contribution in [0.5, 0.6) is 0 Å². The standard InChI is InChI=1S/C12H13BrN4OS/c1-2-3-10-16-17-12(19-10)15-11(18)8-6-7(13)4-5-9(8)14/h4-6H,2-3,14H2,1H3,(H,15,17,18). The van der Waals surface area contributed by atoms with E-state index < -0.39 is 0 Å². The van der Waals surface area contributed by atoms with Gasteiger partial charge in [0.25, 0.3) is 5.91 Å². The molecule has 3 N–H and O–H groups in total. The molecule has 2 aromatic rings. The van der Waals surface area contributed by atoms with E-state index in [9.17, 15) is 4.79 Å². The van der Waals surface area contributed by atoms with E-state index in [1.807, 2.05) is 0 Å². The van der Waals surface area contributed by atoms with Crippen molar-refractivity contribution in [3.05, 3.63) is 33.2 Å². The quantitative estimate of drug-likeness (QED) is 0.838. The molecule has 0 aliphatic heterocycles. The molecule has 0 bridgehead atoms. The summed E-state index contributed by atoms with van der Waals surface area (Å²) in [5.74, 6) is -0.280. The van der Waals surface area contributed by atoms with Gasteiger partial charge in [-0.1, -0.05) is 34.2 Å². The van der Waals surface area contributed by atoms with Crippen molar-refractivity contribution < 1.29 is 4.79 Å². The van der Waals surface area contributed by atoms with Crippen LogP contribution in [-0.4, -0.2) is 16.1 Å². The van der Waals surface area contributed by atoms with E-state index in [1.165, 1.54) is 11.3 Å². The molecule has 1 aromatic carbocycles. The second-order valence-electron chi connectivity index (χ2n) is 3.94. The molecule has 100 valence electrons. The Bertz CT molecular complexity index is 599. The van der Waals surface area contributed by atoms with Gasteiger partial charge in [0.2, 0.25) is 5.13 Å². The largest absolute Gasteiger partial charge is 0.398 e. The van der Waals surface area contributed by atoms with Gasteiger partial charge in [0, 0.05) is 16.6 Å². The highest BCUT2D eigenvalue weighted by atomic mass is 79.9. The first-order chi connectivity index (χ1) is 9.10. The lowest BCUT2D eigenvalue weighted by Gasteiger charge is -2.05. The second kappa shape index (κ2) is 6.12. The van der Waals surface area contributed by atoms with Gasteiger partial charge in [-0.3, -0.25) is 10.1 Å².